The Balaban J connectivity index is 2.08. The predicted molar refractivity (Wildman–Crippen MR) is 33.5 cm³/mol. The van der Waals surface area contributed by atoms with Crippen molar-refractivity contribution < 1.29 is 4.74 Å². The first-order chi connectivity index (χ1) is 3.84. The third-order valence-electron chi connectivity index (χ3n) is 1.70. The van der Waals surface area contributed by atoms with Gasteiger partial charge in [0.2, 0.25) is 0 Å². The first-order valence-electron chi connectivity index (χ1n) is 3.25. The first-order valence-corrected chi connectivity index (χ1v) is 3.25. The molecule has 47 valence electrons. The second-order valence-electron chi connectivity index (χ2n) is 2.49. The summed E-state index contributed by atoms with van der Waals surface area (Å²) in [5.74, 6) is 0.789. The van der Waals surface area contributed by atoms with Crippen LogP contribution in [0.25, 0.3) is 0 Å². The predicted octanol–water partition coefficient (Wildman–Crippen LogP) is 1.64. The number of hydrogen-bond donors (Lipinski definition) is 0. The smallest absolute Gasteiger partial charge is 0.0622 e. The molecule has 0 bridgehead atoms. The summed E-state index contributed by atoms with van der Waals surface area (Å²) in [5.41, 5.74) is 0. The molecule has 2 atom stereocenters. The summed E-state index contributed by atoms with van der Waals surface area (Å²) in [5, 5.41) is 0. The molecule has 1 heteroatoms. The minimum Gasteiger partial charge on any atom is -0.377 e. The highest BCUT2D eigenvalue weighted by atomic mass is 16.5. The van der Waals surface area contributed by atoms with E-state index in [4.69, 9.17) is 4.74 Å². The summed E-state index contributed by atoms with van der Waals surface area (Å²) in [4.78, 5) is 0. The fourth-order valence-corrected chi connectivity index (χ4v) is 0.994. The molecular formula is C7H13O. The van der Waals surface area contributed by atoms with Crippen LogP contribution in [0.5, 0.6) is 0 Å². The van der Waals surface area contributed by atoms with Gasteiger partial charge in [0, 0.05) is 5.92 Å². The topological polar surface area (TPSA) is 9.23 Å². The highest BCUT2D eigenvalue weighted by Gasteiger charge is 2.26. The Kier molecular flexibility index (Phi) is 1.90. The maximum Gasteiger partial charge on any atom is 0.0622 e. The van der Waals surface area contributed by atoms with Gasteiger partial charge >= 0.3 is 0 Å². The molecule has 1 nitrogen and oxygen atoms in total. The Morgan fingerprint density at radius 2 is 2.50 bits per heavy atom. The van der Waals surface area contributed by atoms with Crippen molar-refractivity contribution >= 4 is 0 Å². The molecule has 1 fully saturated rings. The maximum absolute atomic E-state index is 5.24. The van der Waals surface area contributed by atoms with E-state index >= 15 is 0 Å². The molecule has 0 aromatic carbocycles. The van der Waals surface area contributed by atoms with Gasteiger partial charge in [-0.25, -0.2) is 0 Å². The Morgan fingerprint density at radius 3 is 2.62 bits per heavy atom. The quantitative estimate of drug-likeness (QED) is 0.529. The Morgan fingerprint density at radius 1 is 1.75 bits per heavy atom. The third kappa shape index (κ3) is 1.03. The molecule has 1 radical (unpaired) electrons. The molecule has 0 aromatic heterocycles. The van der Waals surface area contributed by atoms with Crippen LogP contribution in [0.3, 0.4) is 0 Å². The van der Waals surface area contributed by atoms with E-state index in [0.29, 0.717) is 6.10 Å². The highest BCUT2D eigenvalue weighted by molar-refractivity contribution is 4.74. The minimum atomic E-state index is 0.535. The molecule has 0 aromatic rings. The zero-order valence-electron chi connectivity index (χ0n) is 5.39. The second kappa shape index (κ2) is 2.49. The van der Waals surface area contributed by atoms with Crippen molar-refractivity contribution in [2.75, 3.05) is 6.61 Å². The second-order valence-corrected chi connectivity index (χ2v) is 2.49. The molecule has 1 rings (SSSR count). The van der Waals surface area contributed by atoms with Gasteiger partial charge in [0.05, 0.1) is 12.7 Å². The van der Waals surface area contributed by atoms with E-state index in [0.717, 1.165) is 25.4 Å². The first kappa shape index (κ1) is 6.09. The summed E-state index contributed by atoms with van der Waals surface area (Å²) < 4.78 is 5.24. The van der Waals surface area contributed by atoms with Crippen LogP contribution in [-0.2, 0) is 4.74 Å². The molecule has 0 amide bonds. The van der Waals surface area contributed by atoms with Crippen LogP contribution in [0.15, 0.2) is 0 Å². The molecule has 0 saturated carbocycles. The van der Waals surface area contributed by atoms with E-state index in [9.17, 15) is 0 Å². The monoisotopic (exact) mass is 113 g/mol. The van der Waals surface area contributed by atoms with Crippen molar-refractivity contribution in [1.29, 1.82) is 0 Å². The largest absolute Gasteiger partial charge is 0.377 e. The van der Waals surface area contributed by atoms with E-state index in [1.54, 1.807) is 0 Å². The van der Waals surface area contributed by atoms with Crippen LogP contribution in [0.4, 0.5) is 0 Å². The van der Waals surface area contributed by atoms with Crippen LogP contribution in [-0.4, -0.2) is 12.7 Å². The van der Waals surface area contributed by atoms with Gasteiger partial charge in [-0.1, -0.05) is 20.3 Å². The zero-order valence-corrected chi connectivity index (χ0v) is 5.39. The van der Waals surface area contributed by atoms with Crippen molar-refractivity contribution in [2.24, 2.45) is 5.92 Å². The Labute approximate surface area is 51.0 Å². The summed E-state index contributed by atoms with van der Waals surface area (Å²) in [6.07, 6.45) is 2.68. The molecule has 8 heavy (non-hydrogen) atoms. The Bertz CT molecular complexity index is 70.8. The van der Waals surface area contributed by atoms with Crippen molar-refractivity contribution in [3.63, 3.8) is 0 Å². The molecule has 1 aliphatic rings. The van der Waals surface area contributed by atoms with Gasteiger partial charge in [0.15, 0.2) is 0 Å². The summed E-state index contributed by atoms with van der Waals surface area (Å²) in [6.45, 7) is 6.95. The molecule has 1 aliphatic heterocycles. The van der Waals surface area contributed by atoms with Crippen LogP contribution in [0.1, 0.15) is 19.8 Å². The fourth-order valence-electron chi connectivity index (χ4n) is 0.994. The number of rotatable bonds is 2. The third-order valence-corrected chi connectivity index (χ3v) is 1.70. The van der Waals surface area contributed by atoms with Crippen LogP contribution in [0.2, 0.25) is 0 Å². The van der Waals surface area contributed by atoms with E-state index in [2.05, 4.69) is 13.8 Å². The molecule has 0 N–H and O–H groups in total. The van der Waals surface area contributed by atoms with Crippen LogP contribution >= 0.6 is 0 Å². The van der Waals surface area contributed by atoms with Crippen LogP contribution in [0, 0.1) is 12.8 Å². The lowest BCUT2D eigenvalue weighted by Crippen LogP contribution is -2.37. The van der Waals surface area contributed by atoms with Gasteiger partial charge in [-0.15, -0.1) is 0 Å². The molecule has 0 spiro atoms. The van der Waals surface area contributed by atoms with E-state index in [1.807, 2.05) is 0 Å². The number of hydrogen-bond acceptors (Lipinski definition) is 1. The summed E-state index contributed by atoms with van der Waals surface area (Å²) in [6, 6.07) is 0. The Hall–Kier alpha value is -0.0400. The summed E-state index contributed by atoms with van der Waals surface area (Å²) >= 11 is 0. The van der Waals surface area contributed by atoms with Crippen molar-refractivity contribution in [3.05, 3.63) is 6.92 Å². The lowest BCUT2D eigenvalue weighted by molar-refractivity contribution is -0.108. The molecule has 0 aliphatic carbocycles. The van der Waals surface area contributed by atoms with E-state index < -0.39 is 0 Å². The van der Waals surface area contributed by atoms with Gasteiger partial charge in [0.25, 0.3) is 0 Å². The normalized spacial score (nSPS) is 36.8. The van der Waals surface area contributed by atoms with E-state index in [-0.39, 0.29) is 0 Å². The van der Waals surface area contributed by atoms with Crippen LogP contribution < -0.4 is 0 Å². The SMILES string of the molecule is [CH2]CCC1OCC1C. The van der Waals surface area contributed by atoms with Crippen molar-refractivity contribution in [1.82, 2.24) is 0 Å². The minimum absolute atomic E-state index is 0.535. The van der Waals surface area contributed by atoms with Gasteiger partial charge in [0.1, 0.15) is 0 Å². The molecule has 1 saturated heterocycles. The van der Waals surface area contributed by atoms with Crippen molar-refractivity contribution in [2.45, 2.75) is 25.9 Å². The van der Waals surface area contributed by atoms with Gasteiger partial charge in [-0.05, 0) is 6.42 Å². The number of ether oxygens (including phenoxy) is 1. The summed E-state index contributed by atoms with van der Waals surface area (Å²) in [7, 11) is 0. The van der Waals surface area contributed by atoms with Gasteiger partial charge < -0.3 is 4.74 Å². The van der Waals surface area contributed by atoms with Gasteiger partial charge in [-0.2, -0.15) is 0 Å². The molecule has 2 unspecified atom stereocenters. The van der Waals surface area contributed by atoms with E-state index in [1.165, 1.54) is 0 Å². The lowest BCUT2D eigenvalue weighted by Gasteiger charge is -2.33. The highest BCUT2D eigenvalue weighted by Crippen LogP contribution is 2.22. The molecule has 1 heterocycles. The fraction of sp³-hybridized carbons (Fsp3) is 0.857. The average molecular weight is 113 g/mol. The average Bonchev–Trinajstić information content (AvgIpc) is 1.79. The zero-order chi connectivity index (χ0) is 5.98. The maximum atomic E-state index is 5.24. The molecular weight excluding hydrogens is 100 g/mol. The lowest BCUT2D eigenvalue weighted by atomic mass is 9.97. The standard InChI is InChI=1S/C7H13O/c1-3-4-7-6(2)5-8-7/h6-7H,1,3-5H2,2H3. The van der Waals surface area contributed by atoms with Crippen molar-refractivity contribution in [3.8, 4) is 0 Å². The van der Waals surface area contributed by atoms with Gasteiger partial charge in [-0.3, -0.25) is 0 Å².